The van der Waals surface area contributed by atoms with Gasteiger partial charge in [0.15, 0.2) is 0 Å². The number of rotatable bonds is 7. The van der Waals surface area contributed by atoms with Crippen LogP contribution >= 0.6 is 0 Å². The first kappa shape index (κ1) is 21.0. The highest BCUT2D eigenvalue weighted by Gasteiger charge is 2.30. The van der Waals surface area contributed by atoms with Crippen molar-refractivity contribution in [3.8, 4) is 0 Å². The largest absolute Gasteiger partial charge is 0.335 e. The van der Waals surface area contributed by atoms with E-state index in [-0.39, 0.29) is 24.4 Å². The van der Waals surface area contributed by atoms with Crippen LogP contribution in [0.15, 0.2) is 30.6 Å². The van der Waals surface area contributed by atoms with E-state index in [1.807, 2.05) is 38.1 Å². The molecule has 1 unspecified atom stereocenters. The number of carbonyl (C=O) groups is 2. The number of para-hydroxylation sites is 1. The third-order valence-corrected chi connectivity index (χ3v) is 5.68. The minimum Gasteiger partial charge on any atom is -0.335 e. The summed E-state index contributed by atoms with van der Waals surface area (Å²) in [6, 6.07) is 7.48. The van der Waals surface area contributed by atoms with Crippen LogP contribution in [0.4, 0.5) is 5.69 Å². The highest BCUT2D eigenvalue weighted by Crippen LogP contribution is 2.26. The van der Waals surface area contributed by atoms with Crippen molar-refractivity contribution in [2.24, 2.45) is 0 Å². The molecule has 156 valence electrons. The van der Waals surface area contributed by atoms with Crippen LogP contribution in [0.25, 0.3) is 0 Å². The molecule has 1 fully saturated rings. The van der Waals surface area contributed by atoms with Gasteiger partial charge >= 0.3 is 0 Å². The van der Waals surface area contributed by atoms with Crippen LogP contribution in [-0.2, 0) is 16.0 Å². The van der Waals surface area contributed by atoms with Crippen LogP contribution in [0.3, 0.4) is 0 Å². The number of likely N-dealkylation sites (tertiary alicyclic amines) is 1. The molecule has 1 aliphatic heterocycles. The molecule has 1 atom stereocenters. The van der Waals surface area contributed by atoms with Crippen molar-refractivity contribution in [2.75, 3.05) is 32.0 Å². The SMILES string of the molecule is CCc1ccccc1NC(=O)CN(C)C(=O)C(C)N1CCC(c2ncn[nH]2)CC1. The second kappa shape index (κ2) is 9.65. The van der Waals surface area contributed by atoms with Gasteiger partial charge in [0.2, 0.25) is 11.8 Å². The molecule has 3 rings (SSSR count). The van der Waals surface area contributed by atoms with E-state index in [2.05, 4.69) is 25.4 Å². The molecule has 0 aliphatic carbocycles. The number of carbonyl (C=O) groups excluding carboxylic acids is 2. The topological polar surface area (TPSA) is 94.2 Å². The Morgan fingerprint density at radius 1 is 1.31 bits per heavy atom. The average Bonchev–Trinajstić information content (AvgIpc) is 3.28. The maximum atomic E-state index is 12.8. The highest BCUT2D eigenvalue weighted by molar-refractivity contribution is 5.95. The number of H-pyrrole nitrogens is 1. The standard InChI is InChI=1S/C21H30N6O2/c1-4-16-7-5-6-8-18(16)24-19(28)13-26(3)21(29)15(2)27-11-9-17(10-12-27)20-22-14-23-25-20/h5-8,14-15,17H,4,9-13H2,1-3H3,(H,24,28)(H,22,23,25). The number of benzene rings is 1. The molecule has 2 amide bonds. The summed E-state index contributed by atoms with van der Waals surface area (Å²) >= 11 is 0. The van der Waals surface area contributed by atoms with Crippen molar-refractivity contribution in [2.45, 2.75) is 45.1 Å². The van der Waals surface area contributed by atoms with Crippen LogP contribution < -0.4 is 5.32 Å². The number of likely N-dealkylation sites (N-methyl/N-ethyl adjacent to an activating group) is 1. The molecule has 8 nitrogen and oxygen atoms in total. The minimum absolute atomic E-state index is 0.0375. The van der Waals surface area contributed by atoms with Crippen LogP contribution in [0.2, 0.25) is 0 Å². The second-order valence-corrected chi connectivity index (χ2v) is 7.61. The molecule has 1 aromatic heterocycles. The van der Waals surface area contributed by atoms with Gasteiger partial charge in [0.1, 0.15) is 12.2 Å². The number of nitrogens with one attached hydrogen (secondary N) is 2. The van der Waals surface area contributed by atoms with Gasteiger partial charge in [-0.1, -0.05) is 25.1 Å². The van der Waals surface area contributed by atoms with E-state index in [0.717, 1.165) is 49.4 Å². The first-order valence-corrected chi connectivity index (χ1v) is 10.2. The molecule has 0 spiro atoms. The predicted molar refractivity (Wildman–Crippen MR) is 111 cm³/mol. The zero-order valence-corrected chi connectivity index (χ0v) is 17.4. The number of amides is 2. The molecule has 2 N–H and O–H groups in total. The summed E-state index contributed by atoms with van der Waals surface area (Å²) in [6.07, 6.45) is 4.24. The van der Waals surface area contributed by atoms with Gasteiger partial charge in [-0.2, -0.15) is 5.10 Å². The number of aromatic nitrogens is 3. The zero-order valence-electron chi connectivity index (χ0n) is 17.4. The van der Waals surface area contributed by atoms with Crippen molar-refractivity contribution in [1.82, 2.24) is 25.0 Å². The van der Waals surface area contributed by atoms with Gasteiger partial charge in [0.25, 0.3) is 0 Å². The first-order valence-electron chi connectivity index (χ1n) is 10.2. The molecule has 2 aromatic rings. The molecule has 1 aliphatic rings. The lowest BCUT2D eigenvalue weighted by atomic mass is 9.95. The predicted octanol–water partition coefficient (Wildman–Crippen LogP) is 2.03. The van der Waals surface area contributed by atoms with E-state index in [1.54, 1.807) is 7.05 Å². The number of piperidine rings is 1. The second-order valence-electron chi connectivity index (χ2n) is 7.61. The van der Waals surface area contributed by atoms with Crippen molar-refractivity contribution in [3.05, 3.63) is 42.0 Å². The molecule has 29 heavy (non-hydrogen) atoms. The quantitative estimate of drug-likeness (QED) is 0.744. The number of hydrogen-bond acceptors (Lipinski definition) is 5. The van der Waals surface area contributed by atoms with Crippen molar-refractivity contribution >= 4 is 17.5 Å². The molecule has 2 heterocycles. The van der Waals surface area contributed by atoms with Crippen LogP contribution in [0.1, 0.15) is 44.0 Å². The number of anilines is 1. The Morgan fingerprint density at radius 2 is 2.03 bits per heavy atom. The summed E-state index contributed by atoms with van der Waals surface area (Å²) < 4.78 is 0. The van der Waals surface area contributed by atoms with Gasteiger partial charge in [0, 0.05) is 18.7 Å². The van der Waals surface area contributed by atoms with E-state index >= 15 is 0 Å². The average molecular weight is 399 g/mol. The van der Waals surface area contributed by atoms with Crippen molar-refractivity contribution in [3.63, 3.8) is 0 Å². The third kappa shape index (κ3) is 5.20. The lowest BCUT2D eigenvalue weighted by molar-refractivity contribution is -0.138. The summed E-state index contributed by atoms with van der Waals surface area (Å²) in [7, 11) is 1.69. The van der Waals surface area contributed by atoms with E-state index < -0.39 is 0 Å². The maximum absolute atomic E-state index is 12.8. The molecule has 0 radical (unpaired) electrons. The Bertz CT molecular complexity index is 814. The van der Waals surface area contributed by atoms with Gasteiger partial charge in [-0.3, -0.25) is 19.6 Å². The van der Waals surface area contributed by atoms with Gasteiger partial charge in [-0.05, 0) is 50.9 Å². The zero-order chi connectivity index (χ0) is 20.8. The van der Waals surface area contributed by atoms with Crippen LogP contribution in [-0.4, -0.2) is 69.5 Å². The molecular weight excluding hydrogens is 368 g/mol. The first-order chi connectivity index (χ1) is 14.0. The Labute approximate surface area is 171 Å². The Morgan fingerprint density at radius 3 is 2.69 bits per heavy atom. The molecule has 1 saturated heterocycles. The van der Waals surface area contributed by atoms with Gasteiger partial charge in [0.05, 0.1) is 12.6 Å². The number of aromatic amines is 1. The number of hydrogen-bond donors (Lipinski definition) is 2. The molecular formula is C21H30N6O2. The fraction of sp³-hybridized carbons (Fsp3) is 0.524. The van der Waals surface area contributed by atoms with E-state index in [1.165, 1.54) is 11.2 Å². The van der Waals surface area contributed by atoms with E-state index in [0.29, 0.717) is 5.92 Å². The summed E-state index contributed by atoms with van der Waals surface area (Å²) in [5, 5.41) is 9.79. The summed E-state index contributed by atoms with van der Waals surface area (Å²) in [4.78, 5) is 33.2. The number of aryl methyl sites for hydroxylation is 1. The van der Waals surface area contributed by atoms with Gasteiger partial charge in [-0.15, -0.1) is 0 Å². The number of nitrogens with zero attached hydrogens (tertiary/aromatic N) is 4. The third-order valence-electron chi connectivity index (χ3n) is 5.68. The van der Waals surface area contributed by atoms with Gasteiger partial charge in [-0.25, -0.2) is 4.98 Å². The Kier molecular flexibility index (Phi) is 6.98. The minimum atomic E-state index is -0.258. The summed E-state index contributed by atoms with van der Waals surface area (Å²) in [5.74, 6) is 1.06. The lowest BCUT2D eigenvalue weighted by Crippen LogP contribution is -2.49. The summed E-state index contributed by atoms with van der Waals surface area (Å²) in [6.45, 7) is 5.64. The normalized spacial score (nSPS) is 16.4. The van der Waals surface area contributed by atoms with Crippen molar-refractivity contribution in [1.29, 1.82) is 0 Å². The van der Waals surface area contributed by atoms with Gasteiger partial charge < -0.3 is 10.2 Å². The lowest BCUT2D eigenvalue weighted by Gasteiger charge is -2.36. The van der Waals surface area contributed by atoms with Crippen LogP contribution in [0, 0.1) is 0 Å². The monoisotopic (exact) mass is 398 g/mol. The molecule has 1 aromatic carbocycles. The fourth-order valence-corrected chi connectivity index (χ4v) is 3.88. The Hall–Kier alpha value is -2.74. The fourth-order valence-electron chi connectivity index (χ4n) is 3.88. The molecule has 0 bridgehead atoms. The summed E-state index contributed by atoms with van der Waals surface area (Å²) in [5.41, 5.74) is 1.89. The molecule has 0 saturated carbocycles. The van der Waals surface area contributed by atoms with E-state index in [9.17, 15) is 9.59 Å². The maximum Gasteiger partial charge on any atom is 0.243 e. The highest BCUT2D eigenvalue weighted by atomic mass is 16.2. The molecule has 8 heteroatoms. The van der Waals surface area contributed by atoms with Crippen molar-refractivity contribution < 1.29 is 9.59 Å². The smallest absolute Gasteiger partial charge is 0.243 e. The van der Waals surface area contributed by atoms with E-state index in [4.69, 9.17) is 0 Å². The van der Waals surface area contributed by atoms with Crippen LogP contribution in [0.5, 0.6) is 0 Å². The Balaban J connectivity index is 1.49.